The molecule has 0 bridgehead atoms. The minimum atomic E-state index is -0.449. The smallest absolute Gasteiger partial charge is 0.275 e. The standard InChI is InChI=1S/C17H19ClN4O2S/c1-4-22(5-2)16(24)11-7-6-8-12(9-11)20-15(23)14-13(18)10-19-17(21-14)25-3/h6-10H,4-5H2,1-3H3,(H,20,23). The summed E-state index contributed by atoms with van der Waals surface area (Å²) in [7, 11) is 0. The van der Waals surface area contributed by atoms with E-state index in [9.17, 15) is 9.59 Å². The van der Waals surface area contributed by atoms with Crippen molar-refractivity contribution in [1.82, 2.24) is 14.9 Å². The quantitative estimate of drug-likeness (QED) is 0.614. The summed E-state index contributed by atoms with van der Waals surface area (Å²) in [5.74, 6) is -0.527. The number of rotatable bonds is 6. The van der Waals surface area contributed by atoms with E-state index >= 15 is 0 Å². The van der Waals surface area contributed by atoms with Gasteiger partial charge in [-0.2, -0.15) is 0 Å². The van der Waals surface area contributed by atoms with Gasteiger partial charge in [0.15, 0.2) is 10.9 Å². The highest BCUT2D eigenvalue weighted by atomic mass is 35.5. The molecule has 2 rings (SSSR count). The van der Waals surface area contributed by atoms with Crippen LogP contribution in [0.4, 0.5) is 5.69 Å². The van der Waals surface area contributed by atoms with Crippen LogP contribution >= 0.6 is 23.4 Å². The molecule has 0 saturated carbocycles. The van der Waals surface area contributed by atoms with Crippen molar-refractivity contribution >= 4 is 40.9 Å². The van der Waals surface area contributed by atoms with Crippen LogP contribution in [0.3, 0.4) is 0 Å². The number of carbonyl (C=O) groups is 2. The van der Waals surface area contributed by atoms with Crippen LogP contribution in [-0.4, -0.2) is 46.0 Å². The van der Waals surface area contributed by atoms with E-state index in [0.29, 0.717) is 29.5 Å². The first-order chi connectivity index (χ1) is 12.0. The molecule has 132 valence electrons. The van der Waals surface area contributed by atoms with Crippen molar-refractivity contribution in [2.24, 2.45) is 0 Å². The van der Waals surface area contributed by atoms with Crippen molar-refractivity contribution in [3.05, 3.63) is 46.7 Å². The van der Waals surface area contributed by atoms with Crippen molar-refractivity contribution in [1.29, 1.82) is 0 Å². The van der Waals surface area contributed by atoms with E-state index in [2.05, 4.69) is 15.3 Å². The molecule has 25 heavy (non-hydrogen) atoms. The number of carbonyl (C=O) groups excluding carboxylic acids is 2. The van der Waals surface area contributed by atoms with E-state index in [1.54, 1.807) is 29.2 Å². The van der Waals surface area contributed by atoms with Crippen molar-refractivity contribution in [2.75, 3.05) is 24.7 Å². The van der Waals surface area contributed by atoms with E-state index in [-0.39, 0.29) is 16.6 Å². The lowest BCUT2D eigenvalue weighted by Crippen LogP contribution is -2.30. The SMILES string of the molecule is CCN(CC)C(=O)c1cccc(NC(=O)c2nc(SC)ncc2Cl)c1. The molecule has 2 aromatic rings. The molecule has 0 spiro atoms. The molecule has 0 aliphatic rings. The summed E-state index contributed by atoms with van der Waals surface area (Å²) in [5.41, 5.74) is 1.12. The summed E-state index contributed by atoms with van der Waals surface area (Å²) in [6.45, 7) is 5.10. The van der Waals surface area contributed by atoms with Gasteiger partial charge in [-0.3, -0.25) is 9.59 Å². The fraction of sp³-hybridized carbons (Fsp3) is 0.294. The fourth-order valence-electron chi connectivity index (χ4n) is 2.22. The van der Waals surface area contributed by atoms with Crippen LogP contribution in [0.5, 0.6) is 0 Å². The van der Waals surface area contributed by atoms with Crippen LogP contribution in [0.15, 0.2) is 35.6 Å². The predicted octanol–water partition coefficient (Wildman–Crippen LogP) is 3.59. The first kappa shape index (κ1) is 19.2. The van der Waals surface area contributed by atoms with Gasteiger partial charge in [-0.25, -0.2) is 9.97 Å². The average Bonchev–Trinajstić information content (AvgIpc) is 2.63. The first-order valence-electron chi connectivity index (χ1n) is 7.77. The van der Waals surface area contributed by atoms with Gasteiger partial charge in [0.1, 0.15) is 0 Å². The Kier molecular flexibility index (Phi) is 6.78. The second-order valence-corrected chi connectivity index (χ2v) is 6.25. The summed E-state index contributed by atoms with van der Waals surface area (Å²) < 4.78 is 0. The van der Waals surface area contributed by atoms with Gasteiger partial charge in [0.25, 0.3) is 11.8 Å². The number of benzene rings is 1. The third kappa shape index (κ3) is 4.70. The monoisotopic (exact) mass is 378 g/mol. The topological polar surface area (TPSA) is 75.2 Å². The number of halogens is 1. The highest BCUT2D eigenvalue weighted by Crippen LogP contribution is 2.19. The number of thioether (sulfide) groups is 1. The van der Waals surface area contributed by atoms with Crippen LogP contribution in [0, 0.1) is 0 Å². The maximum absolute atomic E-state index is 12.4. The normalized spacial score (nSPS) is 10.4. The van der Waals surface area contributed by atoms with E-state index in [1.165, 1.54) is 18.0 Å². The molecular formula is C17H19ClN4O2S. The maximum atomic E-state index is 12.4. The Labute approximate surface area is 156 Å². The van der Waals surface area contributed by atoms with Crippen molar-refractivity contribution in [2.45, 2.75) is 19.0 Å². The van der Waals surface area contributed by atoms with Crippen molar-refractivity contribution in [3.63, 3.8) is 0 Å². The van der Waals surface area contributed by atoms with Crippen LogP contribution in [0.2, 0.25) is 5.02 Å². The van der Waals surface area contributed by atoms with E-state index in [0.717, 1.165) is 0 Å². The number of hydrogen-bond acceptors (Lipinski definition) is 5. The van der Waals surface area contributed by atoms with Gasteiger partial charge in [0.05, 0.1) is 11.2 Å². The highest BCUT2D eigenvalue weighted by molar-refractivity contribution is 7.98. The highest BCUT2D eigenvalue weighted by Gasteiger charge is 2.16. The molecule has 1 heterocycles. The van der Waals surface area contributed by atoms with Crippen LogP contribution in [0.25, 0.3) is 0 Å². The summed E-state index contributed by atoms with van der Waals surface area (Å²) in [6, 6.07) is 6.80. The molecule has 0 aliphatic heterocycles. The number of nitrogens with one attached hydrogen (secondary N) is 1. The van der Waals surface area contributed by atoms with Gasteiger partial charge in [-0.05, 0) is 38.3 Å². The second kappa shape index (κ2) is 8.82. The Morgan fingerprint density at radius 3 is 2.64 bits per heavy atom. The largest absolute Gasteiger partial charge is 0.339 e. The molecule has 1 aromatic heterocycles. The van der Waals surface area contributed by atoms with Crippen LogP contribution in [-0.2, 0) is 0 Å². The Bertz CT molecular complexity index is 781. The molecule has 0 radical (unpaired) electrons. The summed E-state index contributed by atoms with van der Waals surface area (Å²) in [6.07, 6.45) is 3.21. The Hall–Kier alpha value is -2.12. The average molecular weight is 379 g/mol. The molecule has 0 aliphatic carbocycles. The lowest BCUT2D eigenvalue weighted by atomic mass is 10.1. The van der Waals surface area contributed by atoms with Gasteiger partial charge in [0, 0.05) is 24.3 Å². The number of amides is 2. The zero-order valence-electron chi connectivity index (χ0n) is 14.2. The van der Waals surface area contributed by atoms with Gasteiger partial charge in [-0.1, -0.05) is 29.4 Å². The molecule has 1 aromatic carbocycles. The van der Waals surface area contributed by atoms with Crippen LogP contribution < -0.4 is 5.32 Å². The molecule has 0 fully saturated rings. The molecule has 0 atom stereocenters. The third-order valence-electron chi connectivity index (χ3n) is 3.54. The lowest BCUT2D eigenvalue weighted by Gasteiger charge is -2.19. The second-order valence-electron chi connectivity index (χ2n) is 5.07. The summed E-state index contributed by atoms with van der Waals surface area (Å²) in [4.78, 5) is 34.7. The van der Waals surface area contributed by atoms with Crippen LogP contribution in [0.1, 0.15) is 34.7 Å². The van der Waals surface area contributed by atoms with Gasteiger partial charge >= 0.3 is 0 Å². The Morgan fingerprint density at radius 1 is 1.28 bits per heavy atom. The summed E-state index contributed by atoms with van der Waals surface area (Å²) >= 11 is 7.34. The maximum Gasteiger partial charge on any atom is 0.275 e. The zero-order chi connectivity index (χ0) is 18.4. The van der Waals surface area contributed by atoms with Crippen molar-refractivity contribution < 1.29 is 9.59 Å². The lowest BCUT2D eigenvalue weighted by molar-refractivity contribution is 0.0772. The number of hydrogen-bond donors (Lipinski definition) is 1. The third-order valence-corrected chi connectivity index (χ3v) is 4.38. The van der Waals surface area contributed by atoms with Gasteiger partial charge in [0.2, 0.25) is 0 Å². The molecule has 0 unspecified atom stereocenters. The minimum absolute atomic E-state index is 0.0779. The number of anilines is 1. The Balaban J connectivity index is 2.22. The number of aromatic nitrogens is 2. The summed E-state index contributed by atoms with van der Waals surface area (Å²) in [5, 5.41) is 3.36. The van der Waals surface area contributed by atoms with E-state index in [1.807, 2.05) is 20.1 Å². The molecule has 1 N–H and O–H groups in total. The van der Waals surface area contributed by atoms with Gasteiger partial charge < -0.3 is 10.2 Å². The molecular weight excluding hydrogens is 360 g/mol. The molecule has 8 heteroatoms. The van der Waals surface area contributed by atoms with E-state index in [4.69, 9.17) is 11.6 Å². The van der Waals surface area contributed by atoms with Gasteiger partial charge in [-0.15, -0.1) is 0 Å². The zero-order valence-corrected chi connectivity index (χ0v) is 15.8. The fourth-order valence-corrected chi connectivity index (χ4v) is 2.74. The first-order valence-corrected chi connectivity index (χ1v) is 9.37. The van der Waals surface area contributed by atoms with Crippen molar-refractivity contribution in [3.8, 4) is 0 Å². The molecule has 2 amide bonds. The Morgan fingerprint density at radius 2 is 2.00 bits per heavy atom. The molecule has 6 nitrogen and oxygen atoms in total. The van der Waals surface area contributed by atoms with E-state index < -0.39 is 5.91 Å². The minimum Gasteiger partial charge on any atom is -0.339 e. The number of nitrogens with zero attached hydrogens (tertiary/aromatic N) is 3. The predicted molar refractivity (Wildman–Crippen MR) is 100 cm³/mol. The molecule has 0 saturated heterocycles.